The number of aryl methyl sites for hydroxylation is 1. The van der Waals surface area contributed by atoms with Crippen LogP contribution in [0.3, 0.4) is 0 Å². The van der Waals surface area contributed by atoms with Crippen LogP contribution in [0.1, 0.15) is 5.89 Å². The molecule has 0 fully saturated rings. The molecule has 8 heavy (non-hydrogen) atoms. The van der Waals surface area contributed by atoms with Crippen molar-refractivity contribution in [2.45, 2.75) is 6.92 Å². The van der Waals surface area contributed by atoms with E-state index in [1.807, 2.05) is 0 Å². The summed E-state index contributed by atoms with van der Waals surface area (Å²) in [7, 11) is 1.49. The molecule has 0 N–H and O–H groups in total. The SMILES string of the molecule is COc1noc(C)n1. The molecule has 4 nitrogen and oxygen atoms in total. The zero-order chi connectivity index (χ0) is 5.98. The molecule has 0 aromatic carbocycles. The lowest BCUT2D eigenvalue weighted by Gasteiger charge is -1.81. The molecule has 0 radical (unpaired) electrons. The van der Waals surface area contributed by atoms with E-state index in [1.165, 1.54) is 7.11 Å². The third-order valence-corrected chi connectivity index (χ3v) is 0.692. The first-order valence-corrected chi connectivity index (χ1v) is 2.17. The Morgan fingerprint density at radius 3 is 2.62 bits per heavy atom. The van der Waals surface area contributed by atoms with Crippen LogP contribution in [0.5, 0.6) is 6.01 Å². The summed E-state index contributed by atoms with van der Waals surface area (Å²) >= 11 is 0. The Balaban J connectivity index is 2.84. The van der Waals surface area contributed by atoms with Gasteiger partial charge in [0.05, 0.1) is 7.11 Å². The van der Waals surface area contributed by atoms with Crippen LogP contribution < -0.4 is 4.74 Å². The Kier molecular flexibility index (Phi) is 1.15. The van der Waals surface area contributed by atoms with Crippen molar-refractivity contribution in [1.29, 1.82) is 0 Å². The Morgan fingerprint density at radius 2 is 2.38 bits per heavy atom. The summed E-state index contributed by atoms with van der Waals surface area (Å²) in [4.78, 5) is 3.73. The van der Waals surface area contributed by atoms with Crippen LogP contribution in [0.4, 0.5) is 0 Å². The van der Waals surface area contributed by atoms with Gasteiger partial charge in [-0.1, -0.05) is 0 Å². The van der Waals surface area contributed by atoms with Gasteiger partial charge in [-0.3, -0.25) is 0 Å². The summed E-state index contributed by atoms with van der Waals surface area (Å²) in [5.74, 6) is 0.516. The topological polar surface area (TPSA) is 48.2 Å². The minimum atomic E-state index is 0.280. The summed E-state index contributed by atoms with van der Waals surface area (Å²) < 4.78 is 9.19. The lowest BCUT2D eigenvalue weighted by molar-refractivity contribution is 0.330. The molecule has 0 spiro atoms. The second-order valence-corrected chi connectivity index (χ2v) is 1.30. The fourth-order valence-electron chi connectivity index (χ4n) is 0.364. The van der Waals surface area contributed by atoms with Crippen LogP contribution in [-0.4, -0.2) is 17.3 Å². The summed E-state index contributed by atoms with van der Waals surface area (Å²) in [6, 6.07) is 0.280. The maximum atomic E-state index is 4.62. The van der Waals surface area contributed by atoms with Crippen molar-refractivity contribution in [2.75, 3.05) is 7.11 Å². The number of methoxy groups -OCH3 is 1. The van der Waals surface area contributed by atoms with Gasteiger partial charge in [-0.15, -0.1) is 0 Å². The summed E-state index contributed by atoms with van der Waals surface area (Å²) in [6.45, 7) is 1.70. The predicted molar refractivity (Wildman–Crippen MR) is 25.6 cm³/mol. The summed E-state index contributed by atoms with van der Waals surface area (Å²) in [6.07, 6.45) is 0. The predicted octanol–water partition coefficient (Wildman–Crippen LogP) is 0.387. The van der Waals surface area contributed by atoms with Gasteiger partial charge in [0.15, 0.2) is 0 Å². The van der Waals surface area contributed by atoms with E-state index in [-0.39, 0.29) is 6.01 Å². The molecule has 1 rings (SSSR count). The van der Waals surface area contributed by atoms with Gasteiger partial charge in [-0.05, 0) is 5.16 Å². The van der Waals surface area contributed by atoms with Crippen LogP contribution in [0.2, 0.25) is 0 Å². The number of hydrogen-bond acceptors (Lipinski definition) is 4. The molecule has 0 unspecified atom stereocenters. The highest BCUT2D eigenvalue weighted by Crippen LogP contribution is 2.00. The van der Waals surface area contributed by atoms with Gasteiger partial charge in [-0.2, -0.15) is 4.98 Å². The zero-order valence-corrected chi connectivity index (χ0v) is 4.71. The lowest BCUT2D eigenvalue weighted by atomic mass is 10.8. The van der Waals surface area contributed by atoms with Crippen molar-refractivity contribution in [3.63, 3.8) is 0 Å². The van der Waals surface area contributed by atoms with E-state index < -0.39 is 0 Å². The standard InChI is InChI=1S/C4H6N2O2/c1-3-5-4(7-2)6-8-3/h1-2H3. The van der Waals surface area contributed by atoms with Crippen molar-refractivity contribution in [3.05, 3.63) is 5.89 Å². The average Bonchev–Trinajstić information content (AvgIpc) is 2.14. The average molecular weight is 114 g/mol. The zero-order valence-electron chi connectivity index (χ0n) is 4.71. The van der Waals surface area contributed by atoms with E-state index in [0.717, 1.165) is 0 Å². The van der Waals surface area contributed by atoms with Crippen molar-refractivity contribution >= 4 is 0 Å². The maximum Gasteiger partial charge on any atom is 0.353 e. The van der Waals surface area contributed by atoms with Gasteiger partial charge in [-0.25, -0.2) is 0 Å². The van der Waals surface area contributed by atoms with E-state index in [2.05, 4.69) is 19.4 Å². The third-order valence-electron chi connectivity index (χ3n) is 0.692. The second kappa shape index (κ2) is 1.81. The summed E-state index contributed by atoms with van der Waals surface area (Å²) in [5, 5.41) is 3.43. The van der Waals surface area contributed by atoms with Crippen molar-refractivity contribution in [2.24, 2.45) is 0 Å². The van der Waals surface area contributed by atoms with Gasteiger partial charge >= 0.3 is 6.01 Å². The van der Waals surface area contributed by atoms with Crippen LogP contribution in [0, 0.1) is 6.92 Å². The van der Waals surface area contributed by atoms with Crippen molar-refractivity contribution < 1.29 is 9.26 Å². The van der Waals surface area contributed by atoms with Gasteiger partial charge < -0.3 is 9.26 Å². The highest BCUT2D eigenvalue weighted by Gasteiger charge is 1.96. The molecule has 0 aliphatic carbocycles. The van der Waals surface area contributed by atoms with Crippen molar-refractivity contribution in [3.8, 4) is 6.01 Å². The Labute approximate surface area is 46.5 Å². The van der Waals surface area contributed by atoms with Crippen LogP contribution in [-0.2, 0) is 0 Å². The molecule has 1 aromatic heterocycles. The Bertz CT molecular complexity index is 172. The number of aromatic nitrogens is 2. The van der Waals surface area contributed by atoms with E-state index in [4.69, 9.17) is 0 Å². The fraction of sp³-hybridized carbons (Fsp3) is 0.500. The smallest absolute Gasteiger partial charge is 0.353 e. The molecule has 0 bridgehead atoms. The van der Waals surface area contributed by atoms with Crippen LogP contribution >= 0.6 is 0 Å². The quantitative estimate of drug-likeness (QED) is 0.529. The van der Waals surface area contributed by atoms with Gasteiger partial charge in [0.2, 0.25) is 5.89 Å². The molecule has 0 saturated carbocycles. The molecule has 0 amide bonds. The molecule has 1 heterocycles. The Hall–Kier alpha value is -1.06. The van der Waals surface area contributed by atoms with Crippen LogP contribution in [0.25, 0.3) is 0 Å². The third kappa shape index (κ3) is 0.776. The number of ether oxygens (including phenoxy) is 1. The maximum absolute atomic E-state index is 4.62. The van der Waals surface area contributed by atoms with E-state index >= 15 is 0 Å². The minimum absolute atomic E-state index is 0.280. The molecule has 0 saturated heterocycles. The molecular weight excluding hydrogens is 108 g/mol. The molecule has 1 aromatic rings. The molecule has 0 atom stereocenters. The van der Waals surface area contributed by atoms with Gasteiger partial charge in [0, 0.05) is 6.92 Å². The molecular formula is C4H6N2O2. The number of rotatable bonds is 1. The fourth-order valence-corrected chi connectivity index (χ4v) is 0.364. The van der Waals surface area contributed by atoms with Gasteiger partial charge in [0.1, 0.15) is 0 Å². The Morgan fingerprint density at radius 1 is 1.62 bits per heavy atom. The lowest BCUT2D eigenvalue weighted by Crippen LogP contribution is -1.82. The number of hydrogen-bond donors (Lipinski definition) is 0. The van der Waals surface area contributed by atoms with E-state index in [1.54, 1.807) is 6.92 Å². The first-order chi connectivity index (χ1) is 3.83. The molecule has 44 valence electrons. The highest BCUT2D eigenvalue weighted by molar-refractivity contribution is 4.87. The minimum Gasteiger partial charge on any atom is -0.465 e. The first kappa shape index (κ1) is 5.08. The molecule has 4 heteroatoms. The summed E-state index contributed by atoms with van der Waals surface area (Å²) in [5.41, 5.74) is 0. The first-order valence-electron chi connectivity index (χ1n) is 2.17. The molecule has 0 aliphatic heterocycles. The highest BCUT2D eigenvalue weighted by atomic mass is 16.5. The van der Waals surface area contributed by atoms with Gasteiger partial charge in [0.25, 0.3) is 0 Å². The van der Waals surface area contributed by atoms with Crippen LogP contribution in [0.15, 0.2) is 4.52 Å². The number of nitrogens with zero attached hydrogens (tertiary/aromatic N) is 2. The normalized spacial score (nSPS) is 9.25. The van der Waals surface area contributed by atoms with E-state index in [0.29, 0.717) is 5.89 Å². The van der Waals surface area contributed by atoms with Crippen molar-refractivity contribution in [1.82, 2.24) is 10.1 Å². The second-order valence-electron chi connectivity index (χ2n) is 1.30. The largest absolute Gasteiger partial charge is 0.465 e. The monoisotopic (exact) mass is 114 g/mol. The van der Waals surface area contributed by atoms with E-state index in [9.17, 15) is 0 Å². The molecule has 0 aliphatic rings.